The quantitative estimate of drug-likeness (QED) is 0.341. The van der Waals surface area contributed by atoms with Gasteiger partial charge in [0.05, 0.1) is 22.6 Å². The Hall–Kier alpha value is -3.51. The highest BCUT2D eigenvalue weighted by atomic mass is 19.4. The van der Waals surface area contributed by atoms with E-state index in [9.17, 15) is 36.5 Å². The second kappa shape index (κ2) is 7.39. The van der Waals surface area contributed by atoms with Crippen molar-refractivity contribution in [2.24, 2.45) is 0 Å². The van der Waals surface area contributed by atoms with Crippen LogP contribution in [0.3, 0.4) is 0 Å². The first-order valence-electron chi connectivity index (χ1n) is 8.16. The predicted octanol–water partition coefficient (Wildman–Crippen LogP) is 4.64. The first kappa shape index (κ1) is 21.2. The lowest BCUT2D eigenvalue weighted by atomic mass is 10.0. The van der Waals surface area contributed by atoms with Crippen LogP contribution in [0.2, 0.25) is 0 Å². The number of aryl methyl sites for hydroxylation is 1. The van der Waals surface area contributed by atoms with Gasteiger partial charge in [-0.3, -0.25) is 10.1 Å². The van der Waals surface area contributed by atoms with Gasteiger partial charge in [0.15, 0.2) is 5.82 Å². The molecule has 0 saturated carbocycles. The third-order valence-electron chi connectivity index (χ3n) is 4.17. The van der Waals surface area contributed by atoms with Crippen LogP contribution in [0.4, 0.5) is 32.0 Å². The van der Waals surface area contributed by atoms with Gasteiger partial charge in [0.1, 0.15) is 0 Å². The van der Waals surface area contributed by atoms with E-state index in [4.69, 9.17) is 0 Å². The van der Waals surface area contributed by atoms with E-state index >= 15 is 0 Å². The molecule has 0 aliphatic carbocycles. The molecule has 0 N–H and O–H groups in total. The van der Waals surface area contributed by atoms with E-state index in [1.54, 1.807) is 0 Å². The molecule has 3 aromatic rings. The van der Waals surface area contributed by atoms with E-state index in [1.807, 2.05) is 0 Å². The standard InChI is InChI=1S/C17H11F6N5O2/c1-9-4-10(2-3-14(9)28(29)30)8-27-15(24-25-26-27)11-5-12(16(18,19)20)7-13(6-11)17(21,22)23/h2-7H,8H2,1H3. The molecule has 7 nitrogen and oxygen atoms in total. The molecule has 0 saturated heterocycles. The number of nitro groups is 1. The smallest absolute Gasteiger partial charge is 0.258 e. The van der Waals surface area contributed by atoms with E-state index < -0.39 is 34.0 Å². The Labute approximate surface area is 164 Å². The number of rotatable bonds is 4. The molecule has 158 valence electrons. The summed E-state index contributed by atoms with van der Waals surface area (Å²) in [5.41, 5.74) is -2.80. The van der Waals surface area contributed by atoms with Crippen molar-refractivity contribution in [3.63, 3.8) is 0 Å². The minimum absolute atomic E-state index is 0.0112. The van der Waals surface area contributed by atoms with Crippen molar-refractivity contribution >= 4 is 5.69 Å². The summed E-state index contributed by atoms with van der Waals surface area (Å²) in [6.45, 7) is 1.36. The molecule has 0 fully saturated rings. The van der Waals surface area contributed by atoms with Gasteiger partial charge in [-0.1, -0.05) is 6.07 Å². The van der Waals surface area contributed by atoms with E-state index in [0.717, 1.165) is 4.68 Å². The molecule has 3 rings (SSSR count). The molecule has 0 aliphatic rings. The Bertz CT molecular complexity index is 1070. The predicted molar refractivity (Wildman–Crippen MR) is 90.2 cm³/mol. The Morgan fingerprint density at radius 2 is 1.60 bits per heavy atom. The third-order valence-corrected chi connectivity index (χ3v) is 4.17. The monoisotopic (exact) mass is 431 g/mol. The van der Waals surface area contributed by atoms with Gasteiger partial charge in [0, 0.05) is 17.2 Å². The zero-order chi connectivity index (χ0) is 22.3. The van der Waals surface area contributed by atoms with E-state index in [2.05, 4.69) is 15.5 Å². The summed E-state index contributed by atoms with van der Waals surface area (Å²) in [5, 5.41) is 21.4. The second-order valence-corrected chi connectivity index (χ2v) is 6.33. The van der Waals surface area contributed by atoms with E-state index in [0.29, 0.717) is 23.3 Å². The number of benzene rings is 2. The third kappa shape index (κ3) is 4.39. The molecule has 0 spiro atoms. The first-order chi connectivity index (χ1) is 13.9. The zero-order valence-electron chi connectivity index (χ0n) is 15.0. The van der Waals surface area contributed by atoms with Crippen LogP contribution < -0.4 is 0 Å². The Morgan fingerprint density at radius 1 is 1.00 bits per heavy atom. The highest BCUT2D eigenvalue weighted by molar-refractivity contribution is 5.58. The van der Waals surface area contributed by atoms with Crippen molar-refractivity contribution in [3.05, 3.63) is 68.8 Å². The SMILES string of the molecule is Cc1cc(Cn2nnnc2-c2cc(C(F)(F)F)cc(C(F)(F)F)c2)ccc1[N+](=O)[O-]. The Balaban J connectivity index is 2.04. The molecule has 0 amide bonds. The summed E-state index contributed by atoms with van der Waals surface area (Å²) in [6, 6.07) is 5.15. The van der Waals surface area contributed by atoms with Gasteiger partial charge in [-0.05, 0) is 47.2 Å². The lowest BCUT2D eigenvalue weighted by Gasteiger charge is -2.14. The van der Waals surface area contributed by atoms with Crippen molar-refractivity contribution in [2.45, 2.75) is 25.8 Å². The normalized spacial score (nSPS) is 12.2. The van der Waals surface area contributed by atoms with Crippen LogP contribution in [-0.4, -0.2) is 25.1 Å². The molecule has 0 radical (unpaired) electrons. The molecule has 0 unspecified atom stereocenters. The van der Waals surface area contributed by atoms with Crippen molar-refractivity contribution in [2.75, 3.05) is 0 Å². The number of halogens is 6. The maximum atomic E-state index is 13.1. The average molecular weight is 431 g/mol. The van der Waals surface area contributed by atoms with E-state index in [1.165, 1.54) is 25.1 Å². The van der Waals surface area contributed by atoms with Crippen molar-refractivity contribution < 1.29 is 31.3 Å². The zero-order valence-corrected chi connectivity index (χ0v) is 15.0. The van der Waals surface area contributed by atoms with Crippen LogP contribution >= 0.6 is 0 Å². The number of alkyl halides is 6. The molecule has 2 aromatic carbocycles. The maximum absolute atomic E-state index is 13.1. The van der Waals surface area contributed by atoms with Crippen LogP contribution in [0, 0.1) is 17.0 Å². The van der Waals surface area contributed by atoms with Crippen LogP contribution in [0.15, 0.2) is 36.4 Å². The highest BCUT2D eigenvalue weighted by Gasteiger charge is 2.37. The summed E-state index contributed by atoms with van der Waals surface area (Å²) < 4.78 is 79.6. The van der Waals surface area contributed by atoms with Crippen LogP contribution in [-0.2, 0) is 18.9 Å². The van der Waals surface area contributed by atoms with Crippen molar-refractivity contribution in [1.29, 1.82) is 0 Å². The summed E-state index contributed by atoms with van der Waals surface area (Å²) in [5.74, 6) is -0.317. The molecule has 0 bridgehead atoms. The molecule has 13 heteroatoms. The Morgan fingerprint density at radius 3 is 2.10 bits per heavy atom. The van der Waals surface area contributed by atoms with Gasteiger partial charge in [-0.25, -0.2) is 4.68 Å². The fourth-order valence-corrected chi connectivity index (χ4v) is 2.80. The first-order valence-corrected chi connectivity index (χ1v) is 8.16. The summed E-state index contributed by atoms with van der Waals surface area (Å²) >= 11 is 0. The number of hydrogen-bond donors (Lipinski definition) is 0. The van der Waals surface area contributed by atoms with Gasteiger partial charge in [0.2, 0.25) is 0 Å². The molecule has 30 heavy (non-hydrogen) atoms. The lowest BCUT2D eigenvalue weighted by Crippen LogP contribution is -2.12. The highest BCUT2D eigenvalue weighted by Crippen LogP contribution is 2.38. The number of nitro benzene ring substituents is 1. The van der Waals surface area contributed by atoms with Gasteiger partial charge >= 0.3 is 12.4 Å². The van der Waals surface area contributed by atoms with Gasteiger partial charge in [-0.15, -0.1) is 5.10 Å². The number of tetrazole rings is 1. The van der Waals surface area contributed by atoms with Crippen molar-refractivity contribution in [3.8, 4) is 11.4 Å². The second-order valence-electron chi connectivity index (χ2n) is 6.33. The molecule has 1 aromatic heterocycles. The fraction of sp³-hybridized carbons (Fsp3) is 0.235. The molecule has 0 aliphatic heterocycles. The maximum Gasteiger partial charge on any atom is 0.416 e. The molecular formula is C17H11F6N5O2. The summed E-state index contributed by atoms with van der Waals surface area (Å²) in [4.78, 5) is 10.3. The summed E-state index contributed by atoms with van der Waals surface area (Å²) in [7, 11) is 0. The van der Waals surface area contributed by atoms with Crippen LogP contribution in [0.25, 0.3) is 11.4 Å². The van der Waals surface area contributed by atoms with Gasteiger partial charge in [-0.2, -0.15) is 26.3 Å². The van der Waals surface area contributed by atoms with Gasteiger partial charge in [0.25, 0.3) is 5.69 Å². The van der Waals surface area contributed by atoms with Crippen LogP contribution in [0.1, 0.15) is 22.3 Å². The summed E-state index contributed by atoms with van der Waals surface area (Å²) in [6.07, 6.45) is -10.0. The average Bonchev–Trinajstić information content (AvgIpc) is 3.07. The molecule has 0 atom stereocenters. The lowest BCUT2D eigenvalue weighted by molar-refractivity contribution is -0.385. The molecular weight excluding hydrogens is 420 g/mol. The largest absolute Gasteiger partial charge is 0.416 e. The van der Waals surface area contributed by atoms with Crippen LogP contribution in [0.5, 0.6) is 0 Å². The Kier molecular flexibility index (Phi) is 5.22. The van der Waals surface area contributed by atoms with Gasteiger partial charge < -0.3 is 0 Å². The molecule has 1 heterocycles. The topological polar surface area (TPSA) is 86.7 Å². The fourth-order valence-electron chi connectivity index (χ4n) is 2.80. The number of aromatic nitrogens is 4. The minimum atomic E-state index is -5.01. The number of nitrogens with zero attached hydrogens (tertiary/aromatic N) is 5. The van der Waals surface area contributed by atoms with E-state index in [-0.39, 0.29) is 24.1 Å². The minimum Gasteiger partial charge on any atom is -0.258 e. The van der Waals surface area contributed by atoms with Crippen molar-refractivity contribution in [1.82, 2.24) is 20.2 Å². The number of hydrogen-bond acceptors (Lipinski definition) is 5.